The van der Waals surface area contributed by atoms with E-state index in [-0.39, 0.29) is 0 Å². The van der Waals surface area contributed by atoms with Crippen molar-refractivity contribution in [2.24, 2.45) is 4.99 Å². The zero-order chi connectivity index (χ0) is 15.8. The summed E-state index contributed by atoms with van der Waals surface area (Å²) in [6, 6.07) is 3.91. The number of hydrogen-bond donors (Lipinski definition) is 0. The molecule has 1 heterocycles. The molecule has 6 heteroatoms. The molecule has 118 valence electrons. The first kappa shape index (κ1) is 17.2. The summed E-state index contributed by atoms with van der Waals surface area (Å²) in [4.78, 5) is 14.9. The van der Waals surface area contributed by atoms with E-state index in [1.165, 1.54) is 0 Å². The molecular weight excluding hydrogens is 266 g/mol. The summed E-state index contributed by atoms with van der Waals surface area (Å²) < 4.78 is 5.64. The average molecular weight is 293 g/mol. The number of nitrogens with zero attached hydrogens (tertiary/aromatic N) is 5. The van der Waals surface area contributed by atoms with E-state index in [2.05, 4.69) is 14.9 Å². The predicted octanol–water partition coefficient (Wildman–Crippen LogP) is 1.00. The van der Waals surface area contributed by atoms with Gasteiger partial charge in [0.2, 0.25) is 5.88 Å². The number of rotatable bonds is 6. The summed E-state index contributed by atoms with van der Waals surface area (Å²) >= 11 is 0. The second kappa shape index (κ2) is 8.46. The Kier molecular flexibility index (Phi) is 6.94. The average Bonchev–Trinajstić information content (AvgIpc) is 2.38. The fourth-order valence-corrected chi connectivity index (χ4v) is 1.81. The smallest absolute Gasteiger partial charge is 0.213 e. The van der Waals surface area contributed by atoms with Crippen LogP contribution in [0.15, 0.2) is 23.3 Å². The van der Waals surface area contributed by atoms with E-state index in [1.807, 2.05) is 64.2 Å². The molecule has 0 radical (unpaired) electrons. The zero-order valence-corrected chi connectivity index (χ0v) is 14.0. The number of guanidine groups is 1. The Balaban J connectivity index is 2.65. The minimum absolute atomic E-state index is 0.609. The van der Waals surface area contributed by atoms with Gasteiger partial charge in [0.05, 0.1) is 6.54 Å². The minimum atomic E-state index is 0.609. The van der Waals surface area contributed by atoms with Crippen LogP contribution in [0.4, 0.5) is 0 Å². The molecule has 0 N–H and O–H groups in total. The van der Waals surface area contributed by atoms with Gasteiger partial charge in [-0.2, -0.15) is 0 Å². The third-order valence-corrected chi connectivity index (χ3v) is 2.79. The second-order valence-corrected chi connectivity index (χ2v) is 5.56. The van der Waals surface area contributed by atoms with Crippen molar-refractivity contribution in [1.29, 1.82) is 0 Å². The van der Waals surface area contributed by atoms with Crippen molar-refractivity contribution in [1.82, 2.24) is 19.7 Å². The molecule has 0 aliphatic rings. The lowest BCUT2D eigenvalue weighted by Gasteiger charge is -2.22. The quantitative estimate of drug-likeness (QED) is 0.578. The Morgan fingerprint density at radius 1 is 1.14 bits per heavy atom. The Morgan fingerprint density at radius 3 is 2.38 bits per heavy atom. The van der Waals surface area contributed by atoms with Crippen molar-refractivity contribution in [3.63, 3.8) is 0 Å². The van der Waals surface area contributed by atoms with Gasteiger partial charge in [0.15, 0.2) is 5.96 Å². The molecule has 0 spiro atoms. The molecule has 0 fully saturated rings. The number of aliphatic imine (C=N–C) groups is 1. The van der Waals surface area contributed by atoms with Gasteiger partial charge in [0, 0.05) is 47.0 Å². The fraction of sp³-hybridized carbons (Fsp3) is 0.600. The van der Waals surface area contributed by atoms with Crippen LogP contribution in [0.3, 0.4) is 0 Å². The van der Waals surface area contributed by atoms with Gasteiger partial charge in [-0.25, -0.2) is 9.98 Å². The molecule has 0 unspecified atom stereocenters. The van der Waals surface area contributed by atoms with E-state index in [4.69, 9.17) is 4.74 Å². The summed E-state index contributed by atoms with van der Waals surface area (Å²) in [5.74, 6) is 1.59. The molecule has 1 aromatic heterocycles. The van der Waals surface area contributed by atoms with E-state index in [0.717, 1.165) is 18.1 Å². The molecular formula is C15H27N5O. The molecule has 0 atom stereocenters. The van der Waals surface area contributed by atoms with Crippen LogP contribution in [0.1, 0.15) is 5.56 Å². The van der Waals surface area contributed by atoms with E-state index < -0.39 is 0 Å². The molecule has 1 aromatic rings. The second-order valence-electron chi connectivity index (χ2n) is 5.56. The van der Waals surface area contributed by atoms with Gasteiger partial charge in [-0.05, 0) is 25.7 Å². The zero-order valence-electron chi connectivity index (χ0n) is 14.0. The van der Waals surface area contributed by atoms with Gasteiger partial charge in [-0.3, -0.25) is 0 Å². The molecule has 0 aromatic carbocycles. The first-order valence-corrected chi connectivity index (χ1v) is 7.01. The maximum atomic E-state index is 5.64. The van der Waals surface area contributed by atoms with Gasteiger partial charge in [-0.1, -0.05) is 0 Å². The number of hydrogen-bond acceptors (Lipinski definition) is 4. The molecule has 0 aliphatic heterocycles. The summed E-state index contributed by atoms with van der Waals surface area (Å²) in [6.45, 7) is 2.11. The van der Waals surface area contributed by atoms with Crippen molar-refractivity contribution >= 4 is 5.96 Å². The Bertz CT molecular complexity index is 447. The predicted molar refractivity (Wildman–Crippen MR) is 86.8 cm³/mol. The Hall–Kier alpha value is -1.82. The molecule has 0 saturated carbocycles. The minimum Gasteiger partial charge on any atom is -0.476 e. The van der Waals surface area contributed by atoms with E-state index in [9.17, 15) is 0 Å². The fourth-order valence-electron chi connectivity index (χ4n) is 1.81. The van der Waals surface area contributed by atoms with Crippen molar-refractivity contribution in [2.45, 2.75) is 6.54 Å². The number of pyridine rings is 1. The van der Waals surface area contributed by atoms with E-state index >= 15 is 0 Å². The highest BCUT2D eigenvalue weighted by molar-refractivity contribution is 5.79. The maximum absolute atomic E-state index is 5.64. The molecule has 0 amide bonds. The van der Waals surface area contributed by atoms with Crippen molar-refractivity contribution in [3.05, 3.63) is 23.9 Å². The highest BCUT2D eigenvalue weighted by Gasteiger charge is 2.04. The van der Waals surface area contributed by atoms with Crippen molar-refractivity contribution in [3.8, 4) is 5.88 Å². The van der Waals surface area contributed by atoms with Gasteiger partial charge in [-0.15, -0.1) is 0 Å². The molecule has 21 heavy (non-hydrogen) atoms. The number of ether oxygens (including phenoxy) is 1. The highest BCUT2D eigenvalue weighted by atomic mass is 16.5. The number of likely N-dealkylation sites (N-methyl/N-ethyl adjacent to an activating group) is 1. The molecule has 0 aliphatic carbocycles. The van der Waals surface area contributed by atoms with Crippen LogP contribution in [-0.2, 0) is 6.54 Å². The molecule has 6 nitrogen and oxygen atoms in total. The monoisotopic (exact) mass is 293 g/mol. The normalized spacial score (nSPS) is 10.4. The summed E-state index contributed by atoms with van der Waals surface area (Å²) in [5.41, 5.74) is 1.09. The third-order valence-electron chi connectivity index (χ3n) is 2.79. The van der Waals surface area contributed by atoms with Crippen LogP contribution in [-0.4, -0.2) is 81.1 Å². The summed E-state index contributed by atoms with van der Waals surface area (Å²) in [6.07, 6.45) is 1.76. The lowest BCUT2D eigenvalue weighted by molar-refractivity contribution is 0.253. The molecule has 1 rings (SSSR count). The van der Waals surface area contributed by atoms with Gasteiger partial charge in [0.1, 0.15) is 6.61 Å². The highest BCUT2D eigenvalue weighted by Crippen LogP contribution is 2.10. The number of aromatic nitrogens is 1. The van der Waals surface area contributed by atoms with Crippen LogP contribution in [0.25, 0.3) is 0 Å². The van der Waals surface area contributed by atoms with Gasteiger partial charge in [0.25, 0.3) is 0 Å². The molecule has 0 bridgehead atoms. The standard InChI is InChI=1S/C15H27N5O/c1-18(2)9-10-21-14-11-13(7-8-16-14)12-17-15(19(3)4)20(5)6/h7-8,11H,9-10,12H2,1-6H3. The SMILES string of the molecule is CN(C)CCOc1cc(CN=C(N(C)C)N(C)C)ccn1. The van der Waals surface area contributed by atoms with Crippen LogP contribution in [0.2, 0.25) is 0 Å². The maximum Gasteiger partial charge on any atom is 0.213 e. The van der Waals surface area contributed by atoms with Crippen molar-refractivity contribution < 1.29 is 4.74 Å². The van der Waals surface area contributed by atoms with Crippen LogP contribution >= 0.6 is 0 Å². The van der Waals surface area contributed by atoms with Crippen LogP contribution < -0.4 is 4.74 Å². The van der Waals surface area contributed by atoms with Gasteiger partial charge >= 0.3 is 0 Å². The van der Waals surface area contributed by atoms with Crippen LogP contribution in [0.5, 0.6) is 5.88 Å². The first-order valence-electron chi connectivity index (χ1n) is 7.01. The van der Waals surface area contributed by atoms with Gasteiger partial charge < -0.3 is 19.4 Å². The third kappa shape index (κ3) is 6.44. The Morgan fingerprint density at radius 2 is 1.81 bits per heavy atom. The Labute approximate surface area is 128 Å². The lowest BCUT2D eigenvalue weighted by atomic mass is 10.3. The van der Waals surface area contributed by atoms with Crippen LogP contribution in [0, 0.1) is 0 Å². The first-order chi connectivity index (χ1) is 9.90. The summed E-state index contributed by atoms with van der Waals surface area (Å²) in [5, 5.41) is 0. The molecule has 0 saturated heterocycles. The topological polar surface area (TPSA) is 44.2 Å². The summed E-state index contributed by atoms with van der Waals surface area (Å²) in [7, 11) is 12.0. The van der Waals surface area contributed by atoms with E-state index in [0.29, 0.717) is 19.0 Å². The lowest BCUT2D eigenvalue weighted by Crippen LogP contribution is -2.35. The van der Waals surface area contributed by atoms with E-state index in [1.54, 1.807) is 6.20 Å². The van der Waals surface area contributed by atoms with Crippen molar-refractivity contribution in [2.75, 3.05) is 55.4 Å². The largest absolute Gasteiger partial charge is 0.476 e.